The van der Waals surface area contributed by atoms with Crippen molar-refractivity contribution in [3.05, 3.63) is 0 Å². The third kappa shape index (κ3) is 7.31. The van der Waals surface area contributed by atoms with Gasteiger partial charge in [0.25, 0.3) is 0 Å². The van der Waals surface area contributed by atoms with Crippen LogP contribution in [0.4, 0.5) is 0 Å². The second-order valence-corrected chi connectivity index (χ2v) is 6.95. The zero-order valence-electron chi connectivity index (χ0n) is 15.1. The Hall–Kier alpha value is -0.400. The Labute approximate surface area is 154 Å². The fourth-order valence-electron chi connectivity index (χ4n) is 3.30. The van der Waals surface area contributed by atoms with Crippen LogP contribution in [-0.2, 0) is 0 Å². The molecule has 26 heavy (non-hydrogen) atoms. The highest BCUT2D eigenvalue weighted by molar-refractivity contribution is 4.87. The van der Waals surface area contributed by atoms with E-state index < -0.39 is 43.7 Å². The van der Waals surface area contributed by atoms with Gasteiger partial charge in [-0.05, 0) is 25.9 Å². The standard InChI is InChI=1S/C16H35N3O7/c17-3-6-18-4-1-11(2-5-18)19(7-12(22)9-20)8-13(23)15(25)16(26)14(24)10-21/h11-16,20-26H,1-10,17H2/t12-,13-,14+,15+,16+/m0/s1. The summed E-state index contributed by atoms with van der Waals surface area (Å²) in [4.78, 5) is 4.01. The number of nitrogens with two attached hydrogens (primary N) is 1. The summed E-state index contributed by atoms with van der Waals surface area (Å²) in [6.45, 7) is 1.92. The molecule has 10 heteroatoms. The number of likely N-dealkylation sites (tertiary alicyclic amines) is 1. The number of aliphatic hydroxyl groups excluding tert-OH is 7. The molecule has 156 valence electrons. The number of hydrogen-bond acceptors (Lipinski definition) is 10. The summed E-state index contributed by atoms with van der Waals surface area (Å²) >= 11 is 0. The summed E-state index contributed by atoms with van der Waals surface area (Å²) in [5, 5.41) is 67.2. The molecular weight excluding hydrogens is 346 g/mol. The van der Waals surface area contributed by atoms with Crippen molar-refractivity contribution in [1.82, 2.24) is 9.80 Å². The fourth-order valence-corrected chi connectivity index (χ4v) is 3.30. The smallest absolute Gasteiger partial charge is 0.111 e. The Balaban J connectivity index is 2.68. The lowest BCUT2D eigenvalue weighted by atomic mass is 9.99. The van der Waals surface area contributed by atoms with Gasteiger partial charge in [0.1, 0.15) is 18.3 Å². The minimum atomic E-state index is -1.69. The molecule has 1 heterocycles. The van der Waals surface area contributed by atoms with Gasteiger partial charge in [0.2, 0.25) is 0 Å². The van der Waals surface area contributed by atoms with Gasteiger partial charge >= 0.3 is 0 Å². The van der Waals surface area contributed by atoms with Crippen molar-refractivity contribution in [3.63, 3.8) is 0 Å². The van der Waals surface area contributed by atoms with E-state index in [9.17, 15) is 25.5 Å². The normalized spacial score (nSPS) is 23.0. The van der Waals surface area contributed by atoms with Gasteiger partial charge in [0, 0.05) is 32.2 Å². The third-order valence-corrected chi connectivity index (χ3v) is 4.92. The predicted octanol–water partition coefficient (Wildman–Crippen LogP) is -4.50. The van der Waals surface area contributed by atoms with Crippen molar-refractivity contribution in [2.45, 2.75) is 49.4 Å². The number of piperidine rings is 1. The molecule has 1 fully saturated rings. The van der Waals surface area contributed by atoms with Gasteiger partial charge in [-0.15, -0.1) is 0 Å². The van der Waals surface area contributed by atoms with Gasteiger partial charge in [0.05, 0.1) is 25.4 Å². The monoisotopic (exact) mass is 381 g/mol. The molecule has 1 aliphatic rings. The van der Waals surface area contributed by atoms with E-state index in [2.05, 4.69) is 4.90 Å². The lowest BCUT2D eigenvalue weighted by molar-refractivity contribution is -0.123. The molecule has 0 aliphatic carbocycles. The maximum Gasteiger partial charge on any atom is 0.111 e. The Bertz CT molecular complexity index is 372. The van der Waals surface area contributed by atoms with Crippen LogP contribution in [0.5, 0.6) is 0 Å². The maximum atomic E-state index is 10.2. The fraction of sp³-hybridized carbons (Fsp3) is 1.00. The largest absolute Gasteiger partial charge is 0.394 e. The number of hydrogen-bond donors (Lipinski definition) is 8. The molecule has 0 radical (unpaired) electrons. The average Bonchev–Trinajstić information content (AvgIpc) is 2.66. The summed E-state index contributed by atoms with van der Waals surface area (Å²) in [7, 11) is 0. The van der Waals surface area contributed by atoms with E-state index in [0.29, 0.717) is 6.54 Å². The highest BCUT2D eigenvalue weighted by atomic mass is 16.4. The highest BCUT2D eigenvalue weighted by Crippen LogP contribution is 2.18. The second-order valence-electron chi connectivity index (χ2n) is 6.95. The molecular formula is C16H35N3O7. The summed E-state index contributed by atoms with van der Waals surface area (Å²) in [6, 6.07) is 0.0342. The first kappa shape index (κ1) is 23.6. The van der Waals surface area contributed by atoms with E-state index >= 15 is 0 Å². The minimum absolute atomic E-state index is 0.0342. The van der Waals surface area contributed by atoms with E-state index in [4.69, 9.17) is 15.9 Å². The van der Waals surface area contributed by atoms with Crippen LogP contribution in [0.15, 0.2) is 0 Å². The Morgan fingerprint density at radius 1 is 0.885 bits per heavy atom. The average molecular weight is 381 g/mol. The van der Waals surface area contributed by atoms with Crippen LogP contribution in [0.1, 0.15) is 12.8 Å². The van der Waals surface area contributed by atoms with Crippen molar-refractivity contribution in [3.8, 4) is 0 Å². The maximum absolute atomic E-state index is 10.2. The zero-order valence-corrected chi connectivity index (χ0v) is 15.1. The molecule has 5 atom stereocenters. The zero-order chi connectivity index (χ0) is 19.7. The molecule has 0 aromatic heterocycles. The van der Waals surface area contributed by atoms with Gasteiger partial charge in [-0.1, -0.05) is 0 Å². The second kappa shape index (κ2) is 12.1. The molecule has 0 aromatic carbocycles. The highest BCUT2D eigenvalue weighted by Gasteiger charge is 2.33. The van der Waals surface area contributed by atoms with Crippen molar-refractivity contribution < 1.29 is 35.7 Å². The number of aliphatic hydroxyl groups is 7. The summed E-state index contributed by atoms with van der Waals surface area (Å²) in [6.07, 6.45) is -5.72. The van der Waals surface area contributed by atoms with Gasteiger partial charge in [0.15, 0.2) is 0 Å². The number of nitrogens with zero attached hydrogens (tertiary/aromatic N) is 2. The van der Waals surface area contributed by atoms with Crippen LogP contribution in [0.25, 0.3) is 0 Å². The molecule has 0 bridgehead atoms. The summed E-state index contributed by atoms with van der Waals surface area (Å²) in [5.74, 6) is 0. The van der Waals surface area contributed by atoms with Crippen molar-refractivity contribution in [2.75, 3.05) is 52.5 Å². The Kier molecular flexibility index (Phi) is 11.0. The van der Waals surface area contributed by atoms with E-state index in [1.807, 2.05) is 0 Å². The van der Waals surface area contributed by atoms with Crippen molar-refractivity contribution >= 4 is 0 Å². The summed E-state index contributed by atoms with van der Waals surface area (Å²) < 4.78 is 0. The van der Waals surface area contributed by atoms with E-state index in [-0.39, 0.29) is 19.1 Å². The van der Waals surface area contributed by atoms with Crippen LogP contribution in [0.3, 0.4) is 0 Å². The lowest BCUT2D eigenvalue weighted by Crippen LogP contribution is -2.54. The molecule has 0 amide bonds. The minimum Gasteiger partial charge on any atom is -0.394 e. The first-order valence-corrected chi connectivity index (χ1v) is 9.12. The third-order valence-electron chi connectivity index (χ3n) is 4.92. The molecule has 9 N–H and O–H groups in total. The molecule has 0 saturated carbocycles. The SMILES string of the molecule is NCCN1CCC(N(C[C@H](O)CO)C[C@H](O)[C@@H](O)[C@H](O)[C@H](O)CO)CC1. The molecule has 1 aliphatic heterocycles. The van der Waals surface area contributed by atoms with E-state index in [1.54, 1.807) is 4.90 Å². The quantitative estimate of drug-likeness (QED) is 0.164. The molecule has 0 unspecified atom stereocenters. The summed E-state index contributed by atoms with van der Waals surface area (Å²) in [5.41, 5.74) is 5.57. The van der Waals surface area contributed by atoms with Crippen LogP contribution in [0, 0.1) is 0 Å². The van der Waals surface area contributed by atoms with E-state index in [0.717, 1.165) is 32.5 Å². The molecule has 1 rings (SSSR count). The number of rotatable bonds is 12. The van der Waals surface area contributed by atoms with Crippen molar-refractivity contribution in [1.29, 1.82) is 0 Å². The van der Waals surface area contributed by atoms with Crippen LogP contribution < -0.4 is 5.73 Å². The van der Waals surface area contributed by atoms with Gasteiger partial charge < -0.3 is 46.4 Å². The van der Waals surface area contributed by atoms with Gasteiger partial charge in [-0.3, -0.25) is 4.90 Å². The van der Waals surface area contributed by atoms with Gasteiger partial charge in [-0.2, -0.15) is 0 Å². The Morgan fingerprint density at radius 3 is 1.96 bits per heavy atom. The Morgan fingerprint density at radius 2 is 1.46 bits per heavy atom. The molecule has 1 saturated heterocycles. The van der Waals surface area contributed by atoms with Crippen LogP contribution in [-0.4, -0.2) is 135 Å². The van der Waals surface area contributed by atoms with Crippen molar-refractivity contribution in [2.24, 2.45) is 5.73 Å². The predicted molar refractivity (Wildman–Crippen MR) is 94.3 cm³/mol. The molecule has 10 nitrogen and oxygen atoms in total. The van der Waals surface area contributed by atoms with Gasteiger partial charge in [-0.25, -0.2) is 0 Å². The first-order chi connectivity index (χ1) is 12.3. The molecule has 0 aromatic rings. The van der Waals surface area contributed by atoms with E-state index in [1.165, 1.54) is 0 Å². The van der Waals surface area contributed by atoms with Crippen LogP contribution in [0.2, 0.25) is 0 Å². The topological polar surface area (TPSA) is 174 Å². The van der Waals surface area contributed by atoms with Crippen LogP contribution >= 0.6 is 0 Å². The molecule has 0 spiro atoms. The first-order valence-electron chi connectivity index (χ1n) is 9.12. The lowest BCUT2D eigenvalue weighted by Gasteiger charge is -2.40.